The van der Waals surface area contributed by atoms with Crippen molar-refractivity contribution in [1.29, 1.82) is 0 Å². The van der Waals surface area contributed by atoms with E-state index in [2.05, 4.69) is 46.4 Å². The normalized spacial score (nSPS) is 17.6. The highest BCUT2D eigenvalue weighted by Crippen LogP contribution is 2.39. The zero-order chi connectivity index (χ0) is 22.0. The molecule has 1 aromatic carbocycles. The second-order valence-electron chi connectivity index (χ2n) is 8.70. The SMILES string of the molecule is Cc1c2c(cn1C)-n1c(C)cnc1C(Cc1nc(C3CC3)no1)N=C2c1ccc(Cl)cc1. The summed E-state index contributed by atoms with van der Waals surface area (Å²) in [6.45, 7) is 4.20. The number of hydrogen-bond acceptors (Lipinski definition) is 5. The summed E-state index contributed by atoms with van der Waals surface area (Å²) in [6.07, 6.45) is 6.83. The molecule has 0 radical (unpaired) electrons. The van der Waals surface area contributed by atoms with E-state index in [-0.39, 0.29) is 6.04 Å². The summed E-state index contributed by atoms with van der Waals surface area (Å²) in [5, 5.41) is 4.89. The Bertz CT molecular complexity index is 1360. The molecule has 1 unspecified atom stereocenters. The lowest BCUT2D eigenvalue weighted by molar-refractivity contribution is 0.363. The third-order valence-corrected chi connectivity index (χ3v) is 6.65. The lowest BCUT2D eigenvalue weighted by Crippen LogP contribution is -2.10. The van der Waals surface area contributed by atoms with Crippen molar-refractivity contribution in [2.75, 3.05) is 0 Å². The molecule has 1 saturated carbocycles. The molecule has 4 aromatic rings. The van der Waals surface area contributed by atoms with Crippen LogP contribution in [0.15, 0.2) is 46.2 Å². The lowest BCUT2D eigenvalue weighted by Gasteiger charge is -2.12. The number of hydrogen-bond donors (Lipinski definition) is 0. The average Bonchev–Trinajstić information content (AvgIpc) is 3.34. The maximum atomic E-state index is 6.18. The van der Waals surface area contributed by atoms with Gasteiger partial charge in [-0.05, 0) is 38.8 Å². The standard InChI is InChI=1S/C24H23ClN6O/c1-13-11-26-24-18(10-20-28-23(29-32-20)16-4-5-16)27-22(15-6-8-17(25)9-7-15)21-14(2)30(3)12-19(21)31(13)24/h6-9,11-12,16,18H,4-5,10H2,1-3H3. The Balaban J connectivity index is 1.53. The zero-order valence-electron chi connectivity index (χ0n) is 18.2. The van der Waals surface area contributed by atoms with E-state index in [0.717, 1.165) is 58.4 Å². The Morgan fingerprint density at radius 1 is 1.16 bits per heavy atom. The van der Waals surface area contributed by atoms with Crippen LogP contribution >= 0.6 is 11.6 Å². The van der Waals surface area contributed by atoms with Crippen LogP contribution in [0.25, 0.3) is 5.69 Å². The lowest BCUT2D eigenvalue weighted by atomic mass is 10.0. The van der Waals surface area contributed by atoms with Gasteiger partial charge in [0.15, 0.2) is 5.82 Å². The summed E-state index contributed by atoms with van der Waals surface area (Å²) in [7, 11) is 2.06. The fourth-order valence-electron chi connectivity index (χ4n) is 4.44. The van der Waals surface area contributed by atoms with Crippen LogP contribution in [0.5, 0.6) is 0 Å². The minimum Gasteiger partial charge on any atom is -0.352 e. The summed E-state index contributed by atoms with van der Waals surface area (Å²) >= 11 is 6.18. The molecular formula is C24H23ClN6O. The molecular weight excluding hydrogens is 424 g/mol. The van der Waals surface area contributed by atoms with Crippen LogP contribution in [0.2, 0.25) is 5.02 Å². The number of benzene rings is 1. The van der Waals surface area contributed by atoms with Crippen molar-refractivity contribution in [3.05, 3.63) is 81.7 Å². The summed E-state index contributed by atoms with van der Waals surface area (Å²) in [5.41, 5.74) is 6.32. The number of aliphatic imine (C=N–C) groups is 1. The van der Waals surface area contributed by atoms with Crippen LogP contribution in [0.3, 0.4) is 0 Å². The number of imidazole rings is 1. The van der Waals surface area contributed by atoms with E-state index in [9.17, 15) is 0 Å². The number of aryl methyl sites for hydroxylation is 2. The molecule has 1 aliphatic heterocycles. The Kier molecular flexibility index (Phi) is 4.37. The summed E-state index contributed by atoms with van der Waals surface area (Å²) in [6, 6.07) is 7.60. The van der Waals surface area contributed by atoms with Gasteiger partial charge in [-0.2, -0.15) is 4.98 Å². The van der Waals surface area contributed by atoms with Gasteiger partial charge in [-0.25, -0.2) is 4.98 Å². The van der Waals surface area contributed by atoms with Crippen LogP contribution in [-0.4, -0.2) is 30.0 Å². The highest BCUT2D eigenvalue weighted by molar-refractivity contribution is 6.30. The molecule has 4 heterocycles. The molecule has 1 atom stereocenters. The minimum absolute atomic E-state index is 0.251. The first-order chi connectivity index (χ1) is 15.5. The van der Waals surface area contributed by atoms with Crippen LogP contribution in [0.1, 0.15) is 64.9 Å². The van der Waals surface area contributed by atoms with E-state index >= 15 is 0 Å². The predicted octanol–water partition coefficient (Wildman–Crippen LogP) is 4.88. The van der Waals surface area contributed by atoms with Gasteiger partial charge in [0.25, 0.3) is 0 Å². The average molecular weight is 447 g/mol. The van der Waals surface area contributed by atoms with Crippen LogP contribution < -0.4 is 0 Å². The van der Waals surface area contributed by atoms with Crippen LogP contribution in [0.4, 0.5) is 0 Å². The fourth-order valence-corrected chi connectivity index (χ4v) is 4.56. The number of fused-ring (bicyclic) bond motifs is 3. The molecule has 7 nitrogen and oxygen atoms in total. The molecule has 1 fully saturated rings. The molecule has 3 aromatic heterocycles. The van der Waals surface area contributed by atoms with E-state index in [1.54, 1.807) is 0 Å². The van der Waals surface area contributed by atoms with Gasteiger partial charge in [-0.3, -0.25) is 9.56 Å². The third-order valence-electron chi connectivity index (χ3n) is 6.40. The van der Waals surface area contributed by atoms with Crippen molar-refractivity contribution in [3.8, 4) is 5.69 Å². The van der Waals surface area contributed by atoms with Gasteiger partial charge in [0.2, 0.25) is 5.89 Å². The molecule has 0 bridgehead atoms. The summed E-state index contributed by atoms with van der Waals surface area (Å²) in [5.74, 6) is 2.75. The molecule has 32 heavy (non-hydrogen) atoms. The molecule has 2 aliphatic rings. The molecule has 0 spiro atoms. The molecule has 8 heteroatoms. The molecule has 1 aliphatic carbocycles. The summed E-state index contributed by atoms with van der Waals surface area (Å²) in [4.78, 5) is 14.7. The topological polar surface area (TPSA) is 74.0 Å². The molecule has 6 rings (SSSR count). The van der Waals surface area contributed by atoms with E-state index in [4.69, 9.17) is 26.1 Å². The molecule has 0 N–H and O–H groups in total. The Morgan fingerprint density at radius 2 is 1.94 bits per heavy atom. The first-order valence-electron chi connectivity index (χ1n) is 10.9. The number of rotatable bonds is 4. The van der Waals surface area contributed by atoms with Gasteiger partial charge >= 0.3 is 0 Å². The first-order valence-corrected chi connectivity index (χ1v) is 11.2. The van der Waals surface area contributed by atoms with Gasteiger partial charge in [0.05, 0.1) is 17.8 Å². The Morgan fingerprint density at radius 3 is 2.69 bits per heavy atom. The molecule has 0 amide bonds. The van der Waals surface area contributed by atoms with Gasteiger partial charge in [0.1, 0.15) is 11.9 Å². The second kappa shape index (κ2) is 7.17. The quantitative estimate of drug-likeness (QED) is 0.448. The Labute approximate surface area is 190 Å². The van der Waals surface area contributed by atoms with Crippen molar-refractivity contribution in [2.24, 2.45) is 12.0 Å². The van der Waals surface area contributed by atoms with Gasteiger partial charge < -0.3 is 9.09 Å². The van der Waals surface area contributed by atoms with Gasteiger partial charge in [-0.15, -0.1) is 0 Å². The first kappa shape index (κ1) is 19.5. The number of halogens is 1. The highest BCUT2D eigenvalue weighted by Gasteiger charge is 2.33. The van der Waals surface area contributed by atoms with Crippen LogP contribution in [0, 0.1) is 13.8 Å². The van der Waals surface area contributed by atoms with Crippen LogP contribution in [-0.2, 0) is 13.5 Å². The van der Waals surface area contributed by atoms with E-state index in [1.807, 2.05) is 30.5 Å². The molecule has 162 valence electrons. The van der Waals surface area contributed by atoms with Crippen molar-refractivity contribution in [3.63, 3.8) is 0 Å². The monoisotopic (exact) mass is 446 g/mol. The van der Waals surface area contributed by atoms with E-state index in [0.29, 0.717) is 23.3 Å². The second-order valence-corrected chi connectivity index (χ2v) is 9.14. The zero-order valence-corrected chi connectivity index (χ0v) is 19.0. The maximum Gasteiger partial charge on any atom is 0.229 e. The van der Waals surface area contributed by atoms with Crippen molar-refractivity contribution >= 4 is 17.3 Å². The Hall–Kier alpha value is -3.19. The third kappa shape index (κ3) is 3.11. The van der Waals surface area contributed by atoms with Crippen molar-refractivity contribution < 1.29 is 4.52 Å². The maximum absolute atomic E-state index is 6.18. The number of nitrogens with zero attached hydrogens (tertiary/aromatic N) is 6. The van der Waals surface area contributed by atoms with Crippen molar-refractivity contribution in [2.45, 2.75) is 45.1 Å². The number of aromatic nitrogens is 5. The largest absolute Gasteiger partial charge is 0.352 e. The highest BCUT2D eigenvalue weighted by atomic mass is 35.5. The van der Waals surface area contributed by atoms with Gasteiger partial charge in [0, 0.05) is 52.9 Å². The van der Waals surface area contributed by atoms with Crippen molar-refractivity contribution in [1.82, 2.24) is 24.3 Å². The van der Waals surface area contributed by atoms with Gasteiger partial charge in [-0.1, -0.05) is 28.9 Å². The fraction of sp³-hybridized carbons (Fsp3) is 0.333. The van der Waals surface area contributed by atoms with E-state index < -0.39 is 0 Å². The molecule has 0 saturated heterocycles. The summed E-state index contributed by atoms with van der Waals surface area (Å²) < 4.78 is 9.94. The van der Waals surface area contributed by atoms with E-state index in [1.165, 1.54) is 0 Å². The smallest absolute Gasteiger partial charge is 0.229 e. The minimum atomic E-state index is -0.251. The predicted molar refractivity (Wildman–Crippen MR) is 122 cm³/mol.